The van der Waals surface area contributed by atoms with E-state index in [-0.39, 0.29) is 18.6 Å². The average Bonchev–Trinajstić information content (AvgIpc) is 3.11. The SMILES string of the molecule is Cc1oncc1NC(=O)N1CC/C(=C\c2cccc(OCC(C)CC(F)(F)F)c2)C(C)C1. The smallest absolute Gasteiger partial charge is 0.389 e. The highest BCUT2D eigenvalue weighted by molar-refractivity contribution is 5.89. The Labute approximate surface area is 185 Å². The number of amides is 2. The third kappa shape index (κ3) is 6.77. The molecule has 1 aromatic carbocycles. The molecule has 1 fully saturated rings. The van der Waals surface area contributed by atoms with Gasteiger partial charge < -0.3 is 19.5 Å². The van der Waals surface area contributed by atoms with E-state index in [1.54, 1.807) is 17.9 Å². The summed E-state index contributed by atoms with van der Waals surface area (Å²) in [6.45, 7) is 6.48. The molecule has 6 nitrogen and oxygen atoms in total. The number of halogens is 3. The Kier molecular flexibility index (Phi) is 7.48. The Morgan fingerprint density at radius 1 is 1.44 bits per heavy atom. The van der Waals surface area contributed by atoms with E-state index in [2.05, 4.69) is 23.5 Å². The summed E-state index contributed by atoms with van der Waals surface area (Å²) in [5, 5.41) is 6.48. The fourth-order valence-corrected chi connectivity index (χ4v) is 3.66. The Morgan fingerprint density at radius 2 is 2.22 bits per heavy atom. The Balaban J connectivity index is 1.56. The molecule has 1 aliphatic rings. The Bertz CT molecular complexity index is 955. The molecular weight excluding hydrogens is 423 g/mol. The minimum absolute atomic E-state index is 0.00562. The molecule has 0 bridgehead atoms. The van der Waals surface area contributed by atoms with Gasteiger partial charge in [-0.05, 0) is 42.9 Å². The molecule has 0 radical (unpaired) electrons. The number of carbonyl (C=O) groups is 1. The highest BCUT2D eigenvalue weighted by atomic mass is 19.4. The monoisotopic (exact) mass is 451 g/mol. The van der Waals surface area contributed by atoms with Crippen LogP contribution in [0.4, 0.5) is 23.7 Å². The summed E-state index contributed by atoms with van der Waals surface area (Å²) < 4.78 is 48.0. The van der Waals surface area contributed by atoms with Crippen molar-refractivity contribution in [3.05, 3.63) is 47.4 Å². The van der Waals surface area contributed by atoms with E-state index in [0.29, 0.717) is 30.3 Å². The standard InChI is InChI=1S/C23H28F3N3O3/c1-15(11-23(24,25)26)14-31-20-6-4-5-18(10-20)9-19-7-8-29(13-16(19)2)22(30)28-21-12-27-32-17(21)3/h4-6,9-10,12,15-16H,7-8,11,13-14H2,1-3H3,(H,28,30)/b19-9+. The van der Waals surface area contributed by atoms with Crippen LogP contribution in [0, 0.1) is 18.8 Å². The first-order chi connectivity index (χ1) is 15.1. The van der Waals surface area contributed by atoms with E-state index in [9.17, 15) is 18.0 Å². The fourth-order valence-electron chi connectivity index (χ4n) is 3.66. The second-order valence-electron chi connectivity index (χ2n) is 8.35. The number of rotatable bonds is 6. The number of aryl methyl sites for hydroxylation is 1. The number of nitrogens with one attached hydrogen (secondary N) is 1. The predicted octanol–water partition coefficient (Wildman–Crippen LogP) is 5.91. The summed E-state index contributed by atoms with van der Waals surface area (Å²) in [5.74, 6) is 0.643. The van der Waals surface area contributed by atoms with Crippen LogP contribution in [-0.2, 0) is 0 Å². The largest absolute Gasteiger partial charge is 0.493 e. The maximum absolute atomic E-state index is 12.5. The quantitative estimate of drug-likeness (QED) is 0.593. The predicted molar refractivity (Wildman–Crippen MR) is 115 cm³/mol. The van der Waals surface area contributed by atoms with Gasteiger partial charge in [-0.25, -0.2) is 4.79 Å². The van der Waals surface area contributed by atoms with E-state index in [4.69, 9.17) is 9.26 Å². The lowest BCUT2D eigenvalue weighted by Crippen LogP contribution is -2.42. The number of benzene rings is 1. The van der Waals surface area contributed by atoms with Crippen molar-refractivity contribution in [3.8, 4) is 5.75 Å². The van der Waals surface area contributed by atoms with Crippen LogP contribution in [0.5, 0.6) is 5.75 Å². The number of hydrogen-bond acceptors (Lipinski definition) is 4. The highest BCUT2D eigenvalue weighted by Gasteiger charge is 2.30. The van der Waals surface area contributed by atoms with Gasteiger partial charge in [0.15, 0.2) is 5.76 Å². The first-order valence-electron chi connectivity index (χ1n) is 10.6. The number of carbonyl (C=O) groups excluding carboxylic acids is 1. The summed E-state index contributed by atoms with van der Waals surface area (Å²) in [4.78, 5) is 14.3. The molecule has 2 heterocycles. The summed E-state index contributed by atoms with van der Waals surface area (Å²) in [6.07, 6.45) is -0.786. The first-order valence-corrected chi connectivity index (χ1v) is 10.6. The van der Waals surface area contributed by atoms with E-state index in [1.807, 2.05) is 18.2 Å². The average molecular weight is 451 g/mol. The molecule has 0 saturated carbocycles. The molecule has 2 aromatic rings. The zero-order chi connectivity index (χ0) is 23.3. The maximum Gasteiger partial charge on any atom is 0.389 e. The van der Waals surface area contributed by atoms with Gasteiger partial charge in [-0.1, -0.05) is 42.8 Å². The van der Waals surface area contributed by atoms with Crippen LogP contribution in [0.2, 0.25) is 0 Å². The van der Waals surface area contributed by atoms with E-state index < -0.39 is 18.5 Å². The maximum atomic E-state index is 12.5. The van der Waals surface area contributed by atoms with Crippen molar-refractivity contribution in [1.29, 1.82) is 0 Å². The summed E-state index contributed by atoms with van der Waals surface area (Å²) >= 11 is 0. The summed E-state index contributed by atoms with van der Waals surface area (Å²) in [6, 6.07) is 7.13. The number of ether oxygens (including phenoxy) is 1. The molecule has 2 amide bonds. The van der Waals surface area contributed by atoms with Crippen molar-refractivity contribution < 1.29 is 27.2 Å². The van der Waals surface area contributed by atoms with Crippen molar-refractivity contribution in [1.82, 2.24) is 10.1 Å². The molecule has 0 aliphatic carbocycles. The minimum atomic E-state index is -4.19. The van der Waals surface area contributed by atoms with Crippen LogP contribution in [0.25, 0.3) is 6.08 Å². The number of anilines is 1. The third-order valence-electron chi connectivity index (χ3n) is 5.40. The molecule has 1 N–H and O–H groups in total. The molecule has 1 aromatic heterocycles. The van der Waals surface area contributed by atoms with Gasteiger partial charge in [-0.2, -0.15) is 13.2 Å². The van der Waals surface area contributed by atoms with Crippen LogP contribution in [0.15, 0.2) is 40.6 Å². The number of alkyl halides is 3. The van der Waals surface area contributed by atoms with Gasteiger partial charge in [0.1, 0.15) is 11.4 Å². The van der Waals surface area contributed by atoms with Gasteiger partial charge in [-0.3, -0.25) is 0 Å². The summed E-state index contributed by atoms with van der Waals surface area (Å²) in [5.41, 5.74) is 2.69. The second kappa shape index (κ2) is 10.1. The van der Waals surface area contributed by atoms with Crippen LogP contribution in [0.3, 0.4) is 0 Å². The molecule has 32 heavy (non-hydrogen) atoms. The van der Waals surface area contributed by atoms with E-state index >= 15 is 0 Å². The number of likely N-dealkylation sites (tertiary alicyclic amines) is 1. The Hall–Kier alpha value is -2.97. The zero-order valence-corrected chi connectivity index (χ0v) is 18.4. The zero-order valence-electron chi connectivity index (χ0n) is 18.4. The normalized spacial score (nSPS) is 19.1. The van der Waals surface area contributed by atoms with Gasteiger partial charge in [0, 0.05) is 19.5 Å². The Morgan fingerprint density at radius 3 is 2.88 bits per heavy atom. The van der Waals surface area contributed by atoms with Crippen molar-refractivity contribution in [2.24, 2.45) is 11.8 Å². The van der Waals surface area contributed by atoms with E-state index in [0.717, 1.165) is 12.0 Å². The van der Waals surface area contributed by atoms with Gasteiger partial charge in [0.05, 0.1) is 12.8 Å². The number of nitrogens with zero attached hydrogens (tertiary/aromatic N) is 2. The van der Waals surface area contributed by atoms with Gasteiger partial charge >= 0.3 is 12.2 Å². The van der Waals surface area contributed by atoms with Crippen LogP contribution < -0.4 is 10.1 Å². The lowest BCUT2D eigenvalue weighted by Gasteiger charge is -2.33. The molecule has 1 aliphatic heterocycles. The fraction of sp³-hybridized carbons (Fsp3) is 0.478. The van der Waals surface area contributed by atoms with Crippen LogP contribution in [-0.4, -0.2) is 42.0 Å². The lowest BCUT2D eigenvalue weighted by atomic mass is 9.91. The van der Waals surface area contributed by atoms with Gasteiger partial charge in [0.25, 0.3) is 0 Å². The molecule has 2 atom stereocenters. The molecule has 9 heteroatoms. The molecular formula is C23H28F3N3O3. The number of piperidine rings is 1. The third-order valence-corrected chi connectivity index (χ3v) is 5.40. The number of hydrogen-bond donors (Lipinski definition) is 1. The van der Waals surface area contributed by atoms with Crippen molar-refractivity contribution in [2.45, 2.75) is 39.8 Å². The molecule has 0 spiro atoms. The van der Waals surface area contributed by atoms with Crippen LogP contribution >= 0.6 is 0 Å². The summed E-state index contributed by atoms with van der Waals surface area (Å²) in [7, 11) is 0. The topological polar surface area (TPSA) is 67.6 Å². The first kappa shape index (κ1) is 23.7. The highest BCUT2D eigenvalue weighted by Crippen LogP contribution is 2.28. The van der Waals surface area contributed by atoms with Crippen molar-refractivity contribution in [3.63, 3.8) is 0 Å². The molecule has 1 saturated heterocycles. The number of urea groups is 1. The molecule has 2 unspecified atom stereocenters. The van der Waals surface area contributed by atoms with E-state index in [1.165, 1.54) is 18.7 Å². The molecule has 174 valence electrons. The second-order valence-corrected chi connectivity index (χ2v) is 8.35. The van der Waals surface area contributed by atoms with Crippen molar-refractivity contribution >= 4 is 17.8 Å². The minimum Gasteiger partial charge on any atom is -0.493 e. The van der Waals surface area contributed by atoms with Crippen LogP contribution in [0.1, 0.15) is 38.0 Å². The molecule has 3 rings (SSSR count). The number of aromatic nitrogens is 1. The van der Waals surface area contributed by atoms with Gasteiger partial charge in [0.2, 0.25) is 0 Å². The lowest BCUT2D eigenvalue weighted by molar-refractivity contribution is -0.145. The van der Waals surface area contributed by atoms with Gasteiger partial charge in [-0.15, -0.1) is 0 Å². The van der Waals surface area contributed by atoms with Crippen molar-refractivity contribution in [2.75, 3.05) is 25.0 Å².